The highest BCUT2D eigenvalue weighted by Gasteiger charge is 2.21. The number of rotatable bonds is 12. The SMILES string of the molecule is O=S(=O)(OCCCCCCCCCCF)[n+]1ccccc1. The van der Waals surface area contributed by atoms with E-state index < -0.39 is 10.3 Å². The van der Waals surface area contributed by atoms with Gasteiger partial charge in [-0.1, -0.05) is 48.6 Å². The second-order valence-electron chi connectivity index (χ2n) is 5.00. The van der Waals surface area contributed by atoms with Crippen molar-refractivity contribution in [2.24, 2.45) is 0 Å². The highest BCUT2D eigenvalue weighted by Crippen LogP contribution is 2.09. The van der Waals surface area contributed by atoms with E-state index in [-0.39, 0.29) is 13.3 Å². The van der Waals surface area contributed by atoms with Crippen molar-refractivity contribution in [3.63, 3.8) is 0 Å². The smallest absolute Gasteiger partial charge is 0.251 e. The van der Waals surface area contributed by atoms with Gasteiger partial charge in [-0.2, -0.15) is 0 Å². The van der Waals surface area contributed by atoms with E-state index in [1.807, 2.05) is 0 Å². The standard InChI is InChI=1S/C15H25FNO3S/c16-12-8-5-3-1-2-4-6-11-15-20-21(18,19)17-13-9-7-10-14-17/h7,9-10,13-14H,1-6,8,11-12,15H2/q+1. The van der Waals surface area contributed by atoms with Crippen molar-refractivity contribution in [1.82, 2.24) is 0 Å². The molecule has 120 valence electrons. The summed E-state index contributed by atoms with van der Waals surface area (Å²) in [5.41, 5.74) is 0. The van der Waals surface area contributed by atoms with Crippen molar-refractivity contribution < 1.29 is 21.0 Å². The molecule has 0 saturated carbocycles. The van der Waals surface area contributed by atoms with Gasteiger partial charge in [-0.3, -0.25) is 4.39 Å². The summed E-state index contributed by atoms with van der Waals surface area (Å²) in [5, 5.41) is 0. The van der Waals surface area contributed by atoms with Crippen molar-refractivity contribution in [1.29, 1.82) is 0 Å². The Kier molecular flexibility index (Phi) is 9.17. The number of unbranched alkanes of at least 4 members (excludes halogenated alkanes) is 7. The average Bonchev–Trinajstić information content (AvgIpc) is 2.50. The monoisotopic (exact) mass is 318 g/mol. The Balaban J connectivity index is 2.04. The topological polar surface area (TPSA) is 47.3 Å². The highest BCUT2D eigenvalue weighted by molar-refractivity contribution is 7.80. The molecule has 0 fully saturated rings. The van der Waals surface area contributed by atoms with Gasteiger partial charge in [0, 0.05) is 12.1 Å². The maximum atomic E-state index is 11.9. The first-order valence-electron chi connectivity index (χ1n) is 7.59. The Morgan fingerprint density at radius 1 is 0.810 bits per heavy atom. The van der Waals surface area contributed by atoms with Gasteiger partial charge in [-0.25, -0.2) is 4.18 Å². The summed E-state index contributed by atoms with van der Waals surface area (Å²) < 4.78 is 41.5. The first kappa shape index (κ1) is 18.0. The number of alkyl halides is 1. The third-order valence-electron chi connectivity index (χ3n) is 3.21. The Hall–Kier alpha value is -1.01. The molecule has 0 aliphatic carbocycles. The number of hydrogen-bond donors (Lipinski definition) is 0. The molecule has 0 N–H and O–H groups in total. The molecule has 1 aromatic heterocycles. The lowest BCUT2D eigenvalue weighted by molar-refractivity contribution is -0.520. The molecular formula is C15H25FNO3S+. The van der Waals surface area contributed by atoms with Gasteiger partial charge >= 0.3 is 10.3 Å². The van der Waals surface area contributed by atoms with Crippen LogP contribution in [0.15, 0.2) is 30.6 Å². The average molecular weight is 318 g/mol. The molecule has 1 aromatic rings. The molecule has 6 heteroatoms. The quantitative estimate of drug-likeness (QED) is 0.439. The van der Waals surface area contributed by atoms with E-state index in [0.717, 1.165) is 48.9 Å². The van der Waals surface area contributed by atoms with Gasteiger partial charge < -0.3 is 0 Å². The fourth-order valence-corrected chi connectivity index (χ4v) is 2.90. The normalized spacial score (nSPS) is 11.7. The fourth-order valence-electron chi connectivity index (χ4n) is 2.01. The number of aromatic nitrogens is 1. The van der Waals surface area contributed by atoms with Gasteiger partial charge in [0.25, 0.3) is 0 Å². The number of nitrogens with zero attached hydrogens (tertiary/aromatic N) is 1. The van der Waals surface area contributed by atoms with Crippen LogP contribution in [0.2, 0.25) is 0 Å². The van der Waals surface area contributed by atoms with E-state index in [1.165, 1.54) is 12.4 Å². The van der Waals surface area contributed by atoms with Crippen LogP contribution < -0.4 is 3.97 Å². The van der Waals surface area contributed by atoms with Gasteiger partial charge in [-0.15, -0.1) is 8.42 Å². The van der Waals surface area contributed by atoms with E-state index in [0.29, 0.717) is 6.42 Å². The molecule has 0 aliphatic rings. The van der Waals surface area contributed by atoms with Crippen LogP contribution in [0.25, 0.3) is 0 Å². The zero-order chi connectivity index (χ0) is 15.4. The van der Waals surface area contributed by atoms with Crippen LogP contribution in [-0.4, -0.2) is 21.7 Å². The second kappa shape index (κ2) is 10.7. The molecule has 1 heterocycles. The first-order valence-corrected chi connectivity index (χ1v) is 8.95. The van der Waals surface area contributed by atoms with Gasteiger partial charge in [0.15, 0.2) is 12.4 Å². The minimum atomic E-state index is -3.69. The predicted molar refractivity (Wildman–Crippen MR) is 79.8 cm³/mol. The minimum Gasteiger partial charge on any atom is -0.251 e. The van der Waals surface area contributed by atoms with E-state index in [1.54, 1.807) is 18.2 Å². The molecule has 0 spiro atoms. The van der Waals surface area contributed by atoms with Gasteiger partial charge in [0.05, 0.1) is 13.3 Å². The third kappa shape index (κ3) is 8.12. The lowest BCUT2D eigenvalue weighted by Gasteiger charge is -2.02. The minimum absolute atomic E-state index is 0.214. The largest absolute Gasteiger partial charge is 0.513 e. The number of hydrogen-bond acceptors (Lipinski definition) is 3. The van der Waals surface area contributed by atoms with Crippen molar-refractivity contribution in [3.05, 3.63) is 30.6 Å². The zero-order valence-corrected chi connectivity index (χ0v) is 13.2. The summed E-state index contributed by atoms with van der Waals surface area (Å²) in [7, 11) is -3.69. The molecule has 0 radical (unpaired) electrons. The Morgan fingerprint density at radius 3 is 1.90 bits per heavy atom. The van der Waals surface area contributed by atoms with Crippen LogP contribution in [0.1, 0.15) is 51.4 Å². The molecule has 0 aliphatic heterocycles. The molecule has 1 rings (SSSR count). The number of pyridine rings is 1. The van der Waals surface area contributed by atoms with Crippen molar-refractivity contribution in [2.45, 2.75) is 51.4 Å². The molecule has 0 atom stereocenters. The van der Waals surface area contributed by atoms with Gasteiger partial charge in [0.1, 0.15) is 0 Å². The Morgan fingerprint density at radius 2 is 1.33 bits per heavy atom. The van der Waals surface area contributed by atoms with Crippen molar-refractivity contribution in [3.8, 4) is 0 Å². The van der Waals surface area contributed by atoms with Crippen LogP contribution in [0.5, 0.6) is 0 Å². The van der Waals surface area contributed by atoms with Crippen molar-refractivity contribution in [2.75, 3.05) is 13.3 Å². The summed E-state index contributed by atoms with van der Waals surface area (Å²) in [6.07, 6.45) is 10.6. The molecular weight excluding hydrogens is 293 g/mol. The van der Waals surface area contributed by atoms with Gasteiger partial charge in [-0.05, 0) is 12.8 Å². The molecule has 0 unspecified atom stereocenters. The lowest BCUT2D eigenvalue weighted by atomic mass is 10.1. The van der Waals surface area contributed by atoms with E-state index in [2.05, 4.69) is 0 Å². The Labute approximate surface area is 127 Å². The first-order chi connectivity index (χ1) is 10.2. The summed E-state index contributed by atoms with van der Waals surface area (Å²) in [6, 6.07) is 5.03. The molecule has 0 amide bonds. The summed E-state index contributed by atoms with van der Waals surface area (Å²) in [5.74, 6) is 0. The second-order valence-corrected chi connectivity index (χ2v) is 6.52. The number of halogens is 1. The fraction of sp³-hybridized carbons (Fsp3) is 0.667. The van der Waals surface area contributed by atoms with Crippen LogP contribution in [0.3, 0.4) is 0 Å². The lowest BCUT2D eigenvalue weighted by Crippen LogP contribution is -2.43. The van der Waals surface area contributed by atoms with E-state index in [9.17, 15) is 12.8 Å². The predicted octanol–water partition coefficient (Wildman–Crippen LogP) is 3.17. The molecule has 0 aromatic carbocycles. The molecule has 21 heavy (non-hydrogen) atoms. The van der Waals surface area contributed by atoms with Crippen LogP contribution in [0.4, 0.5) is 4.39 Å². The maximum Gasteiger partial charge on any atom is 0.513 e. The van der Waals surface area contributed by atoms with E-state index in [4.69, 9.17) is 4.18 Å². The maximum absolute atomic E-state index is 11.9. The van der Waals surface area contributed by atoms with Crippen molar-refractivity contribution >= 4 is 10.3 Å². The zero-order valence-electron chi connectivity index (χ0n) is 12.4. The van der Waals surface area contributed by atoms with Crippen LogP contribution >= 0.6 is 0 Å². The van der Waals surface area contributed by atoms with E-state index >= 15 is 0 Å². The van der Waals surface area contributed by atoms with Crippen LogP contribution in [0, 0.1) is 0 Å². The summed E-state index contributed by atoms with van der Waals surface area (Å²) in [6.45, 7) is -0.00266. The Bertz CT molecular complexity index is 465. The summed E-state index contributed by atoms with van der Waals surface area (Å²) >= 11 is 0. The van der Waals surface area contributed by atoms with Gasteiger partial charge in [0.2, 0.25) is 0 Å². The third-order valence-corrected chi connectivity index (χ3v) is 4.43. The summed E-state index contributed by atoms with van der Waals surface area (Å²) in [4.78, 5) is 0. The molecule has 0 saturated heterocycles. The molecule has 4 nitrogen and oxygen atoms in total. The highest BCUT2D eigenvalue weighted by atomic mass is 32.2. The van der Waals surface area contributed by atoms with Crippen LogP contribution in [-0.2, 0) is 14.5 Å². The molecule has 0 bridgehead atoms.